The van der Waals surface area contributed by atoms with Crippen molar-refractivity contribution in [1.82, 2.24) is 9.62 Å². The van der Waals surface area contributed by atoms with Crippen molar-refractivity contribution >= 4 is 15.9 Å². The highest BCUT2D eigenvalue weighted by Gasteiger charge is 2.32. The number of nitrogens with zero attached hydrogens (tertiary/aromatic N) is 1. The zero-order valence-corrected chi connectivity index (χ0v) is 19.5. The fraction of sp³-hybridized carbons (Fsp3) is 0.435. The van der Waals surface area contributed by atoms with Crippen molar-refractivity contribution in [3.63, 3.8) is 0 Å². The highest BCUT2D eigenvalue weighted by Crippen LogP contribution is 2.28. The minimum absolute atomic E-state index is 0.0692. The lowest BCUT2D eigenvalue weighted by atomic mass is 9.97. The topological polar surface area (TPSA) is 94.2 Å². The summed E-state index contributed by atoms with van der Waals surface area (Å²) in [5.41, 5.74) is 0.905. The standard InChI is InChI=1S/C23H30N2O6S/c1-4-31-22-15-17(5-10-21(22)30-3)16-24-23(26)18-11-13-25(14-12-18)32(27,28)20-8-6-19(29-2)7-9-20/h5-10,15,18H,4,11-14,16H2,1-3H3,(H,24,26). The fourth-order valence-electron chi connectivity index (χ4n) is 3.69. The summed E-state index contributed by atoms with van der Waals surface area (Å²) in [5, 5.41) is 2.96. The SMILES string of the molecule is CCOc1cc(CNC(=O)C2CCN(S(=O)(=O)c3ccc(OC)cc3)CC2)ccc1OC. The number of benzene rings is 2. The van der Waals surface area contributed by atoms with Crippen molar-refractivity contribution in [2.45, 2.75) is 31.2 Å². The lowest BCUT2D eigenvalue weighted by Gasteiger charge is -2.30. The van der Waals surface area contributed by atoms with Crippen molar-refractivity contribution in [1.29, 1.82) is 0 Å². The molecule has 1 fully saturated rings. The molecule has 174 valence electrons. The van der Waals surface area contributed by atoms with Gasteiger partial charge in [0.15, 0.2) is 11.5 Å². The normalized spacial score (nSPS) is 15.2. The van der Waals surface area contributed by atoms with Crippen molar-refractivity contribution in [2.24, 2.45) is 5.92 Å². The minimum Gasteiger partial charge on any atom is -0.497 e. The van der Waals surface area contributed by atoms with Gasteiger partial charge in [0.2, 0.25) is 15.9 Å². The van der Waals surface area contributed by atoms with Crippen LogP contribution >= 0.6 is 0 Å². The zero-order chi connectivity index (χ0) is 23.1. The van der Waals surface area contributed by atoms with Crippen LogP contribution in [0.1, 0.15) is 25.3 Å². The number of hydrogen-bond donors (Lipinski definition) is 1. The number of methoxy groups -OCH3 is 2. The summed E-state index contributed by atoms with van der Waals surface area (Å²) >= 11 is 0. The van der Waals surface area contributed by atoms with Gasteiger partial charge in [-0.05, 0) is 61.7 Å². The number of nitrogens with one attached hydrogen (secondary N) is 1. The number of amides is 1. The lowest BCUT2D eigenvalue weighted by molar-refractivity contribution is -0.126. The molecule has 0 aliphatic carbocycles. The molecule has 0 saturated carbocycles. The molecule has 1 heterocycles. The molecule has 1 N–H and O–H groups in total. The van der Waals surface area contributed by atoms with E-state index in [1.807, 2.05) is 25.1 Å². The van der Waals surface area contributed by atoms with Crippen LogP contribution in [0, 0.1) is 5.92 Å². The summed E-state index contributed by atoms with van der Waals surface area (Å²) in [5.74, 6) is 1.60. The van der Waals surface area contributed by atoms with Crippen LogP contribution in [0.4, 0.5) is 0 Å². The van der Waals surface area contributed by atoms with Crippen LogP contribution < -0.4 is 19.5 Å². The molecule has 0 spiro atoms. The molecule has 32 heavy (non-hydrogen) atoms. The fourth-order valence-corrected chi connectivity index (χ4v) is 5.16. The second kappa shape index (κ2) is 10.7. The van der Waals surface area contributed by atoms with E-state index >= 15 is 0 Å². The van der Waals surface area contributed by atoms with Crippen molar-refractivity contribution < 1.29 is 27.4 Å². The molecule has 0 aromatic heterocycles. The average Bonchev–Trinajstić information content (AvgIpc) is 2.83. The van der Waals surface area contributed by atoms with Crippen molar-refractivity contribution in [3.8, 4) is 17.2 Å². The number of carbonyl (C=O) groups is 1. The highest BCUT2D eigenvalue weighted by molar-refractivity contribution is 7.89. The number of carbonyl (C=O) groups excluding carboxylic acids is 1. The van der Waals surface area contributed by atoms with Crippen LogP contribution in [0.15, 0.2) is 47.4 Å². The van der Waals surface area contributed by atoms with E-state index in [9.17, 15) is 13.2 Å². The number of rotatable bonds is 9. The van der Waals surface area contributed by atoms with Crippen LogP contribution in [0.3, 0.4) is 0 Å². The first-order valence-electron chi connectivity index (χ1n) is 10.6. The predicted molar refractivity (Wildman–Crippen MR) is 120 cm³/mol. The van der Waals surface area contributed by atoms with Crippen LogP contribution in [-0.4, -0.2) is 52.5 Å². The van der Waals surface area contributed by atoms with Gasteiger partial charge in [-0.2, -0.15) is 4.31 Å². The Morgan fingerprint density at radius 2 is 1.72 bits per heavy atom. The molecule has 1 aliphatic rings. The Balaban J connectivity index is 1.54. The summed E-state index contributed by atoms with van der Waals surface area (Å²) in [6, 6.07) is 11.9. The number of ether oxygens (including phenoxy) is 3. The highest BCUT2D eigenvalue weighted by atomic mass is 32.2. The molecule has 1 amide bonds. The summed E-state index contributed by atoms with van der Waals surface area (Å²) in [4.78, 5) is 12.9. The third kappa shape index (κ3) is 5.52. The maximum atomic E-state index is 12.9. The van der Waals surface area contributed by atoms with Gasteiger partial charge in [-0.15, -0.1) is 0 Å². The quantitative estimate of drug-likeness (QED) is 0.616. The van der Waals surface area contributed by atoms with Crippen molar-refractivity contribution in [2.75, 3.05) is 33.9 Å². The van der Waals surface area contributed by atoms with E-state index in [-0.39, 0.29) is 16.7 Å². The second-order valence-corrected chi connectivity index (χ2v) is 9.43. The summed E-state index contributed by atoms with van der Waals surface area (Å²) in [6.45, 7) is 3.40. The van der Waals surface area contributed by atoms with Crippen LogP contribution in [0.2, 0.25) is 0 Å². The number of hydrogen-bond acceptors (Lipinski definition) is 6. The molecular formula is C23H30N2O6S. The Kier molecular flexibility index (Phi) is 7.98. The van der Waals surface area contributed by atoms with Crippen LogP contribution in [0.25, 0.3) is 0 Å². The van der Waals surface area contributed by atoms with Gasteiger partial charge in [-0.3, -0.25) is 4.79 Å². The molecule has 0 bridgehead atoms. The maximum Gasteiger partial charge on any atom is 0.243 e. The molecular weight excluding hydrogens is 432 g/mol. The molecule has 1 aliphatic heterocycles. The van der Waals surface area contributed by atoms with E-state index in [0.29, 0.717) is 56.3 Å². The molecule has 8 nitrogen and oxygen atoms in total. The first-order chi connectivity index (χ1) is 15.4. The first-order valence-corrected chi connectivity index (χ1v) is 12.0. The first kappa shape index (κ1) is 23.9. The minimum atomic E-state index is -3.59. The molecule has 3 rings (SSSR count). The Morgan fingerprint density at radius 3 is 2.31 bits per heavy atom. The molecule has 9 heteroatoms. The third-order valence-electron chi connectivity index (χ3n) is 5.52. The van der Waals surface area contributed by atoms with E-state index in [4.69, 9.17) is 14.2 Å². The Hall–Kier alpha value is -2.78. The Bertz CT molecular complexity index is 1020. The monoisotopic (exact) mass is 462 g/mol. The second-order valence-electron chi connectivity index (χ2n) is 7.49. The summed E-state index contributed by atoms with van der Waals surface area (Å²) < 4.78 is 43.1. The van der Waals surface area contributed by atoms with Gasteiger partial charge in [0.05, 0.1) is 25.7 Å². The van der Waals surface area contributed by atoms with Crippen LogP contribution in [0.5, 0.6) is 17.2 Å². The molecule has 0 unspecified atom stereocenters. The third-order valence-corrected chi connectivity index (χ3v) is 7.43. The van der Waals surface area contributed by atoms with E-state index in [2.05, 4.69) is 5.32 Å². The lowest BCUT2D eigenvalue weighted by Crippen LogP contribution is -2.42. The van der Waals surface area contributed by atoms with Gasteiger partial charge in [-0.25, -0.2) is 8.42 Å². The van der Waals surface area contributed by atoms with E-state index in [1.54, 1.807) is 31.4 Å². The molecule has 2 aromatic carbocycles. The zero-order valence-electron chi connectivity index (χ0n) is 18.7. The van der Waals surface area contributed by atoms with Gasteiger partial charge >= 0.3 is 0 Å². The van der Waals surface area contributed by atoms with E-state index in [0.717, 1.165) is 5.56 Å². The van der Waals surface area contributed by atoms with Gasteiger partial charge in [0.25, 0.3) is 0 Å². The average molecular weight is 463 g/mol. The van der Waals surface area contributed by atoms with E-state index in [1.165, 1.54) is 11.4 Å². The Morgan fingerprint density at radius 1 is 1.03 bits per heavy atom. The van der Waals surface area contributed by atoms with Gasteiger partial charge < -0.3 is 19.5 Å². The van der Waals surface area contributed by atoms with Crippen molar-refractivity contribution in [3.05, 3.63) is 48.0 Å². The Labute approximate surface area is 189 Å². The number of sulfonamides is 1. The van der Waals surface area contributed by atoms with E-state index < -0.39 is 10.0 Å². The smallest absolute Gasteiger partial charge is 0.243 e. The van der Waals surface area contributed by atoms with Gasteiger partial charge in [0.1, 0.15) is 5.75 Å². The summed E-state index contributed by atoms with van der Waals surface area (Å²) in [6.07, 6.45) is 0.960. The maximum absolute atomic E-state index is 12.9. The molecule has 0 radical (unpaired) electrons. The van der Waals surface area contributed by atoms with Gasteiger partial charge in [-0.1, -0.05) is 6.07 Å². The molecule has 0 atom stereocenters. The predicted octanol–water partition coefficient (Wildman–Crippen LogP) is 2.82. The molecule has 1 saturated heterocycles. The van der Waals surface area contributed by atoms with Crippen LogP contribution in [-0.2, 0) is 21.4 Å². The largest absolute Gasteiger partial charge is 0.497 e. The molecule has 2 aromatic rings. The summed E-state index contributed by atoms with van der Waals surface area (Å²) in [7, 11) is -0.471. The number of piperidine rings is 1. The van der Waals surface area contributed by atoms with Gasteiger partial charge in [0, 0.05) is 25.6 Å².